The molecule has 0 saturated heterocycles. The van der Waals surface area contributed by atoms with Crippen molar-refractivity contribution in [3.63, 3.8) is 0 Å². The van der Waals surface area contributed by atoms with Gasteiger partial charge in [0.25, 0.3) is 0 Å². The van der Waals surface area contributed by atoms with Gasteiger partial charge in [-0.15, -0.1) is 0 Å². The maximum atomic E-state index is 10.5. The van der Waals surface area contributed by atoms with E-state index in [2.05, 4.69) is 110 Å². The van der Waals surface area contributed by atoms with Crippen LogP contribution in [-0.2, 0) is 5.41 Å². The molecule has 0 saturated carbocycles. The van der Waals surface area contributed by atoms with Crippen LogP contribution in [0.5, 0.6) is 0 Å². The van der Waals surface area contributed by atoms with Crippen molar-refractivity contribution in [2.75, 3.05) is 0 Å². The average Bonchev–Trinajstić information content (AvgIpc) is 3.69. The van der Waals surface area contributed by atoms with Gasteiger partial charge in [-0.1, -0.05) is 87.5 Å². The Morgan fingerprint density at radius 3 is 2.39 bits per heavy atom. The highest BCUT2D eigenvalue weighted by atomic mass is 16.3. The van der Waals surface area contributed by atoms with Gasteiger partial charge in [-0.3, -0.25) is 0 Å². The third-order valence-electron chi connectivity index (χ3n) is 10.4. The van der Waals surface area contributed by atoms with Gasteiger partial charge in [-0.25, -0.2) is 0 Å². The molecule has 0 bridgehead atoms. The molecule has 2 atom stereocenters. The number of hydrogen-bond acceptors (Lipinski definition) is 3. The summed E-state index contributed by atoms with van der Waals surface area (Å²) >= 11 is 0. The summed E-state index contributed by atoms with van der Waals surface area (Å²) in [7, 11) is 0. The minimum Gasteiger partial charge on any atom is -0.455 e. The summed E-state index contributed by atoms with van der Waals surface area (Å²) in [6.07, 6.45) is 4.12. The van der Waals surface area contributed by atoms with Crippen molar-refractivity contribution in [2.45, 2.75) is 32.1 Å². The molecule has 4 heteroatoms. The minimum absolute atomic E-state index is 0.0854. The monoisotopic (exact) mass is 591 g/mol. The molecular weight excluding hydrogens is 562 g/mol. The SMILES string of the molecule is CC1C=CC(C#N)=C(n2c3ccccc3c3cc(C#N)ccc32)C1c1ccc2oc3c4c(ccc3c2c1)C(C)(C)c1ccccc1-4. The maximum absolute atomic E-state index is 10.5. The van der Waals surface area contributed by atoms with Gasteiger partial charge in [0.1, 0.15) is 17.2 Å². The van der Waals surface area contributed by atoms with Crippen LogP contribution in [0, 0.1) is 28.6 Å². The summed E-state index contributed by atoms with van der Waals surface area (Å²) in [5.74, 6) is 0.0481. The molecule has 0 aliphatic heterocycles. The Morgan fingerprint density at radius 1 is 0.739 bits per heavy atom. The predicted octanol–water partition coefficient (Wildman–Crippen LogP) is 10.6. The normalized spacial score (nSPS) is 18.3. The van der Waals surface area contributed by atoms with Gasteiger partial charge in [0.2, 0.25) is 0 Å². The fourth-order valence-electron chi connectivity index (χ4n) is 8.21. The van der Waals surface area contributed by atoms with E-state index in [4.69, 9.17) is 4.42 Å². The summed E-state index contributed by atoms with van der Waals surface area (Å²) in [6, 6.07) is 38.6. The van der Waals surface area contributed by atoms with E-state index in [-0.39, 0.29) is 17.3 Å². The summed E-state index contributed by atoms with van der Waals surface area (Å²) < 4.78 is 8.93. The lowest BCUT2D eigenvalue weighted by molar-refractivity contribution is 0.629. The first-order valence-corrected chi connectivity index (χ1v) is 15.8. The van der Waals surface area contributed by atoms with Gasteiger partial charge in [-0.2, -0.15) is 10.5 Å². The molecule has 2 unspecified atom stereocenters. The molecule has 2 heterocycles. The van der Waals surface area contributed by atoms with Gasteiger partial charge >= 0.3 is 0 Å². The van der Waals surface area contributed by atoms with Crippen LogP contribution in [-0.4, -0.2) is 4.57 Å². The Balaban J connectivity index is 1.29. The summed E-state index contributed by atoms with van der Waals surface area (Å²) in [5.41, 5.74) is 12.1. The van der Waals surface area contributed by atoms with Crippen LogP contribution in [0.4, 0.5) is 0 Å². The van der Waals surface area contributed by atoms with E-state index >= 15 is 0 Å². The van der Waals surface area contributed by atoms with E-state index in [0.29, 0.717) is 11.1 Å². The van der Waals surface area contributed by atoms with Crippen LogP contribution in [0.15, 0.2) is 119 Å². The van der Waals surface area contributed by atoms with Crippen molar-refractivity contribution in [2.24, 2.45) is 5.92 Å². The standard InChI is InChI=1S/C42H29N3O/c1-24-12-14-27(23-44)40(45-35-11-7-5-8-28(35)31-20-25(22-43)13-18-36(31)45)38(24)26-15-19-37-32(21-26)29-16-17-34-39(41(29)46-37)30-9-4-6-10-33(30)42(34,2)3/h4-21,24,38H,1-3H3. The summed E-state index contributed by atoms with van der Waals surface area (Å²) in [5, 5.41) is 24.4. The first kappa shape index (κ1) is 26.6. The van der Waals surface area contributed by atoms with Crippen LogP contribution in [0.25, 0.3) is 60.6 Å². The fraction of sp³-hybridized carbons (Fsp3) is 0.143. The highest BCUT2D eigenvalue weighted by Crippen LogP contribution is 2.53. The first-order chi connectivity index (χ1) is 22.4. The number of furan rings is 1. The number of para-hydroxylation sites is 1. The number of benzene rings is 5. The molecule has 5 aromatic carbocycles. The number of aromatic nitrogens is 1. The molecule has 0 radical (unpaired) electrons. The Labute approximate surface area is 266 Å². The largest absolute Gasteiger partial charge is 0.455 e. The predicted molar refractivity (Wildman–Crippen MR) is 185 cm³/mol. The Hall–Kier alpha value is -5.84. The Bertz CT molecular complexity index is 2610. The second-order valence-electron chi connectivity index (χ2n) is 13.2. The van der Waals surface area contributed by atoms with Gasteiger partial charge in [0, 0.05) is 44.1 Å². The van der Waals surface area contributed by atoms with Crippen molar-refractivity contribution in [3.05, 3.63) is 137 Å². The molecule has 218 valence electrons. The third kappa shape index (κ3) is 3.42. The summed E-state index contributed by atoms with van der Waals surface area (Å²) in [6.45, 7) is 6.80. The lowest BCUT2D eigenvalue weighted by Crippen LogP contribution is -2.19. The van der Waals surface area contributed by atoms with E-state index in [1.807, 2.05) is 36.4 Å². The molecule has 0 fully saturated rings. The lowest BCUT2D eigenvalue weighted by atomic mass is 9.78. The van der Waals surface area contributed by atoms with Crippen molar-refractivity contribution in [1.82, 2.24) is 4.57 Å². The number of hydrogen-bond donors (Lipinski definition) is 0. The fourth-order valence-corrected chi connectivity index (χ4v) is 8.21. The van der Waals surface area contributed by atoms with E-state index in [1.54, 1.807) is 0 Å². The number of fused-ring (bicyclic) bond motifs is 10. The zero-order chi connectivity index (χ0) is 31.3. The molecule has 2 aliphatic carbocycles. The molecule has 0 spiro atoms. The van der Waals surface area contributed by atoms with E-state index < -0.39 is 0 Å². The zero-order valence-corrected chi connectivity index (χ0v) is 25.8. The summed E-state index contributed by atoms with van der Waals surface area (Å²) in [4.78, 5) is 0. The molecular formula is C42H29N3O. The molecule has 2 aliphatic rings. The number of nitrogens with zero attached hydrogens (tertiary/aromatic N) is 3. The number of allylic oxidation sites excluding steroid dienone is 4. The highest BCUT2D eigenvalue weighted by Gasteiger charge is 2.38. The average molecular weight is 592 g/mol. The van der Waals surface area contributed by atoms with Gasteiger partial charge < -0.3 is 8.98 Å². The second kappa shape index (κ2) is 9.33. The van der Waals surface area contributed by atoms with E-state index in [1.165, 1.54) is 22.3 Å². The van der Waals surface area contributed by atoms with Crippen LogP contribution in [0.2, 0.25) is 0 Å². The lowest BCUT2D eigenvalue weighted by Gasteiger charge is -2.30. The maximum Gasteiger partial charge on any atom is 0.143 e. The van der Waals surface area contributed by atoms with Crippen molar-refractivity contribution in [1.29, 1.82) is 10.5 Å². The highest BCUT2D eigenvalue weighted by molar-refractivity contribution is 6.13. The van der Waals surface area contributed by atoms with E-state index in [0.717, 1.165) is 55.0 Å². The van der Waals surface area contributed by atoms with Gasteiger partial charge in [0.15, 0.2) is 0 Å². The van der Waals surface area contributed by atoms with Crippen molar-refractivity contribution >= 4 is 49.4 Å². The van der Waals surface area contributed by atoms with Crippen molar-refractivity contribution < 1.29 is 4.42 Å². The first-order valence-electron chi connectivity index (χ1n) is 15.8. The second-order valence-corrected chi connectivity index (χ2v) is 13.2. The smallest absolute Gasteiger partial charge is 0.143 e. The molecule has 46 heavy (non-hydrogen) atoms. The number of rotatable bonds is 2. The van der Waals surface area contributed by atoms with E-state index in [9.17, 15) is 10.5 Å². The molecule has 2 aromatic heterocycles. The molecule has 4 nitrogen and oxygen atoms in total. The number of nitriles is 2. The molecule has 0 N–H and O–H groups in total. The minimum atomic E-state index is -0.0994. The zero-order valence-electron chi connectivity index (χ0n) is 25.8. The van der Waals surface area contributed by atoms with Crippen LogP contribution in [0.3, 0.4) is 0 Å². The van der Waals surface area contributed by atoms with Gasteiger partial charge in [-0.05, 0) is 70.6 Å². The van der Waals surface area contributed by atoms with Crippen molar-refractivity contribution in [3.8, 4) is 23.3 Å². The van der Waals surface area contributed by atoms with Crippen LogP contribution < -0.4 is 0 Å². The quantitative estimate of drug-likeness (QED) is 0.201. The Morgan fingerprint density at radius 2 is 1.54 bits per heavy atom. The molecule has 0 amide bonds. The van der Waals surface area contributed by atoms with Crippen LogP contribution in [0.1, 0.15) is 48.9 Å². The molecule has 7 aromatic rings. The molecule has 9 rings (SSSR count). The van der Waals surface area contributed by atoms with Crippen LogP contribution >= 0.6 is 0 Å². The van der Waals surface area contributed by atoms with Gasteiger partial charge in [0.05, 0.1) is 28.2 Å². The third-order valence-corrected chi connectivity index (χ3v) is 10.4. The topological polar surface area (TPSA) is 65.7 Å². The Kier molecular flexibility index (Phi) is 5.39.